The van der Waals surface area contributed by atoms with Crippen molar-refractivity contribution < 1.29 is 4.79 Å². The highest BCUT2D eigenvalue weighted by Gasteiger charge is 2.20. The molecular formula is C14H21N3O. The molecule has 0 radical (unpaired) electrons. The second-order valence-corrected chi connectivity index (χ2v) is 5.05. The van der Waals surface area contributed by atoms with Gasteiger partial charge < -0.3 is 10.2 Å². The molecule has 98 valence electrons. The maximum absolute atomic E-state index is 10.9. The van der Waals surface area contributed by atoms with Crippen LogP contribution in [0.25, 0.3) is 0 Å². The van der Waals surface area contributed by atoms with Crippen LogP contribution in [0.1, 0.15) is 25.5 Å². The van der Waals surface area contributed by atoms with E-state index < -0.39 is 0 Å². The van der Waals surface area contributed by atoms with Gasteiger partial charge in [-0.05, 0) is 37.8 Å². The predicted molar refractivity (Wildman–Crippen MR) is 72.6 cm³/mol. The monoisotopic (exact) mass is 247 g/mol. The summed E-state index contributed by atoms with van der Waals surface area (Å²) in [5.41, 5.74) is 2.30. The number of hydrogen-bond donors (Lipinski definition) is 1. The van der Waals surface area contributed by atoms with E-state index in [1.807, 2.05) is 13.1 Å². The Morgan fingerprint density at radius 2 is 2.44 bits per heavy atom. The quantitative estimate of drug-likeness (QED) is 0.885. The molecule has 1 N–H and O–H groups in total. The molecule has 2 rings (SSSR count). The number of piperidine rings is 1. The summed E-state index contributed by atoms with van der Waals surface area (Å²) in [6, 6.07) is 4.19. The van der Waals surface area contributed by atoms with Crippen molar-refractivity contribution in [1.29, 1.82) is 0 Å². The minimum Gasteiger partial charge on any atom is -0.371 e. The molecule has 0 aliphatic carbocycles. The van der Waals surface area contributed by atoms with Crippen LogP contribution in [0.4, 0.5) is 5.69 Å². The Morgan fingerprint density at radius 1 is 1.61 bits per heavy atom. The van der Waals surface area contributed by atoms with Crippen molar-refractivity contribution in [3.05, 3.63) is 24.0 Å². The summed E-state index contributed by atoms with van der Waals surface area (Å²) in [5, 5.41) is 2.92. The number of carbonyl (C=O) groups is 1. The Morgan fingerprint density at radius 3 is 3.17 bits per heavy atom. The third kappa shape index (κ3) is 3.45. The highest BCUT2D eigenvalue weighted by atomic mass is 16.1. The highest BCUT2D eigenvalue weighted by molar-refractivity contribution is 5.72. The lowest BCUT2D eigenvalue weighted by Crippen LogP contribution is -2.40. The SMILES string of the molecule is CC(=O)NCC1CCCN(c2ccnc(C)c2)C1. The summed E-state index contributed by atoms with van der Waals surface area (Å²) in [6.45, 7) is 6.49. The van der Waals surface area contributed by atoms with Crippen molar-refractivity contribution >= 4 is 11.6 Å². The van der Waals surface area contributed by atoms with E-state index >= 15 is 0 Å². The van der Waals surface area contributed by atoms with Gasteiger partial charge in [-0.3, -0.25) is 9.78 Å². The van der Waals surface area contributed by atoms with Crippen LogP contribution in [0.2, 0.25) is 0 Å². The minimum absolute atomic E-state index is 0.0619. The van der Waals surface area contributed by atoms with Gasteiger partial charge in [0.25, 0.3) is 0 Å². The van der Waals surface area contributed by atoms with Gasteiger partial charge in [-0.15, -0.1) is 0 Å². The number of aryl methyl sites for hydroxylation is 1. The third-order valence-electron chi connectivity index (χ3n) is 3.40. The molecule has 4 nitrogen and oxygen atoms in total. The molecular weight excluding hydrogens is 226 g/mol. The maximum atomic E-state index is 10.9. The first-order chi connectivity index (χ1) is 8.65. The van der Waals surface area contributed by atoms with Gasteiger partial charge in [0.2, 0.25) is 5.91 Å². The number of rotatable bonds is 3. The molecule has 1 amide bonds. The van der Waals surface area contributed by atoms with Gasteiger partial charge in [-0.2, -0.15) is 0 Å². The van der Waals surface area contributed by atoms with Crippen molar-refractivity contribution in [3.63, 3.8) is 0 Å². The fourth-order valence-electron chi connectivity index (χ4n) is 2.48. The van der Waals surface area contributed by atoms with Gasteiger partial charge in [0.05, 0.1) is 0 Å². The molecule has 1 aliphatic rings. The summed E-state index contributed by atoms with van der Waals surface area (Å²) in [7, 11) is 0. The van der Waals surface area contributed by atoms with Gasteiger partial charge in [0.15, 0.2) is 0 Å². The van der Waals surface area contributed by atoms with E-state index in [1.165, 1.54) is 18.5 Å². The topological polar surface area (TPSA) is 45.2 Å². The number of pyridine rings is 1. The Balaban J connectivity index is 1.96. The van der Waals surface area contributed by atoms with Gasteiger partial charge in [-0.1, -0.05) is 0 Å². The lowest BCUT2D eigenvalue weighted by Gasteiger charge is -2.34. The molecule has 0 bridgehead atoms. The van der Waals surface area contributed by atoms with E-state index in [2.05, 4.69) is 27.3 Å². The minimum atomic E-state index is 0.0619. The molecule has 1 saturated heterocycles. The van der Waals surface area contributed by atoms with Crippen LogP contribution >= 0.6 is 0 Å². The standard InChI is InChI=1S/C14H21N3O/c1-11-8-14(5-6-15-11)17-7-3-4-13(10-17)9-16-12(2)18/h5-6,8,13H,3-4,7,9-10H2,1-2H3,(H,16,18). The molecule has 0 aromatic carbocycles. The molecule has 2 heterocycles. The van der Waals surface area contributed by atoms with E-state index in [-0.39, 0.29) is 5.91 Å². The molecule has 1 unspecified atom stereocenters. The normalized spacial score (nSPS) is 19.7. The zero-order valence-electron chi connectivity index (χ0n) is 11.1. The van der Waals surface area contributed by atoms with Gasteiger partial charge in [0, 0.05) is 44.1 Å². The van der Waals surface area contributed by atoms with E-state index in [0.29, 0.717) is 5.92 Å². The van der Waals surface area contributed by atoms with Crippen molar-refractivity contribution in [3.8, 4) is 0 Å². The van der Waals surface area contributed by atoms with Crippen molar-refractivity contribution in [2.45, 2.75) is 26.7 Å². The molecule has 0 saturated carbocycles. The number of anilines is 1. The Hall–Kier alpha value is -1.58. The van der Waals surface area contributed by atoms with Gasteiger partial charge in [-0.25, -0.2) is 0 Å². The summed E-state index contributed by atoms with van der Waals surface area (Å²) in [4.78, 5) is 17.6. The number of aromatic nitrogens is 1. The summed E-state index contributed by atoms with van der Waals surface area (Å²) in [6.07, 6.45) is 4.24. The molecule has 0 spiro atoms. The summed E-state index contributed by atoms with van der Waals surface area (Å²) < 4.78 is 0. The van der Waals surface area contributed by atoms with Crippen LogP contribution < -0.4 is 10.2 Å². The smallest absolute Gasteiger partial charge is 0.216 e. The molecule has 1 aliphatic heterocycles. The van der Waals surface area contributed by atoms with Crippen LogP contribution in [-0.2, 0) is 4.79 Å². The van der Waals surface area contributed by atoms with Crippen molar-refractivity contribution in [2.75, 3.05) is 24.5 Å². The Labute approximate surface area is 108 Å². The number of nitrogens with zero attached hydrogens (tertiary/aromatic N) is 2. The largest absolute Gasteiger partial charge is 0.371 e. The highest BCUT2D eigenvalue weighted by Crippen LogP contribution is 2.22. The molecule has 1 fully saturated rings. The first kappa shape index (κ1) is 12.9. The van der Waals surface area contributed by atoms with Crippen LogP contribution in [-0.4, -0.2) is 30.5 Å². The average molecular weight is 247 g/mol. The predicted octanol–water partition coefficient (Wildman–Crippen LogP) is 1.74. The Bertz CT molecular complexity index is 419. The van der Waals surface area contributed by atoms with E-state index in [4.69, 9.17) is 0 Å². The van der Waals surface area contributed by atoms with Crippen molar-refractivity contribution in [1.82, 2.24) is 10.3 Å². The number of hydrogen-bond acceptors (Lipinski definition) is 3. The molecule has 1 aromatic rings. The second-order valence-electron chi connectivity index (χ2n) is 5.05. The number of nitrogens with one attached hydrogen (secondary N) is 1. The number of amides is 1. The lowest BCUT2D eigenvalue weighted by molar-refractivity contribution is -0.119. The van der Waals surface area contributed by atoms with E-state index in [9.17, 15) is 4.79 Å². The molecule has 1 aromatic heterocycles. The first-order valence-electron chi connectivity index (χ1n) is 6.57. The summed E-state index contributed by atoms with van der Waals surface area (Å²) >= 11 is 0. The van der Waals surface area contributed by atoms with Crippen LogP contribution in [0, 0.1) is 12.8 Å². The van der Waals surface area contributed by atoms with E-state index in [0.717, 1.165) is 25.3 Å². The van der Waals surface area contributed by atoms with Crippen LogP contribution in [0.5, 0.6) is 0 Å². The fourth-order valence-corrected chi connectivity index (χ4v) is 2.48. The number of carbonyl (C=O) groups excluding carboxylic acids is 1. The molecule has 1 atom stereocenters. The maximum Gasteiger partial charge on any atom is 0.216 e. The van der Waals surface area contributed by atoms with Gasteiger partial charge >= 0.3 is 0 Å². The lowest BCUT2D eigenvalue weighted by atomic mass is 9.97. The Kier molecular flexibility index (Phi) is 4.18. The average Bonchev–Trinajstić information content (AvgIpc) is 2.37. The zero-order chi connectivity index (χ0) is 13.0. The van der Waals surface area contributed by atoms with Crippen molar-refractivity contribution in [2.24, 2.45) is 5.92 Å². The summed E-state index contributed by atoms with van der Waals surface area (Å²) in [5.74, 6) is 0.614. The van der Waals surface area contributed by atoms with E-state index in [1.54, 1.807) is 6.92 Å². The van der Waals surface area contributed by atoms with Crippen LogP contribution in [0.15, 0.2) is 18.3 Å². The molecule has 4 heteroatoms. The zero-order valence-corrected chi connectivity index (χ0v) is 11.1. The first-order valence-corrected chi connectivity index (χ1v) is 6.57. The fraction of sp³-hybridized carbons (Fsp3) is 0.571. The second kappa shape index (κ2) is 5.85. The van der Waals surface area contributed by atoms with Crippen LogP contribution in [0.3, 0.4) is 0 Å². The third-order valence-corrected chi connectivity index (χ3v) is 3.40. The van der Waals surface area contributed by atoms with Gasteiger partial charge in [0.1, 0.15) is 0 Å². The molecule has 18 heavy (non-hydrogen) atoms.